The van der Waals surface area contributed by atoms with Crippen molar-refractivity contribution < 1.29 is 13.9 Å². The normalized spacial score (nSPS) is 10.9. The summed E-state index contributed by atoms with van der Waals surface area (Å²) in [5, 5.41) is 11.6. The van der Waals surface area contributed by atoms with Crippen molar-refractivity contribution in [1.82, 2.24) is 10.2 Å². The molecule has 2 aromatic carbocycles. The summed E-state index contributed by atoms with van der Waals surface area (Å²) in [4.78, 5) is 12.6. The number of carbonyl (C=O) groups is 1. The van der Waals surface area contributed by atoms with E-state index >= 15 is 0 Å². The van der Waals surface area contributed by atoms with Gasteiger partial charge in [0.1, 0.15) is 5.82 Å². The lowest BCUT2D eigenvalue weighted by atomic mass is 10.2. The molecule has 10 heteroatoms. The van der Waals surface area contributed by atoms with Gasteiger partial charge in [0.25, 0.3) is 5.91 Å². The van der Waals surface area contributed by atoms with Crippen molar-refractivity contribution in [3.63, 3.8) is 0 Å². The molecule has 0 fully saturated rings. The molecule has 1 aromatic heterocycles. The van der Waals surface area contributed by atoms with Gasteiger partial charge in [0.2, 0.25) is 5.13 Å². The van der Waals surface area contributed by atoms with Gasteiger partial charge in [-0.25, -0.2) is 4.39 Å². The minimum atomic E-state index is -0.412. The summed E-state index contributed by atoms with van der Waals surface area (Å²) in [5.41, 5.74) is 0.865. The van der Waals surface area contributed by atoms with Crippen LogP contribution >= 0.6 is 46.3 Å². The third kappa shape index (κ3) is 7.07. The van der Waals surface area contributed by atoms with E-state index in [9.17, 15) is 9.18 Å². The summed E-state index contributed by atoms with van der Waals surface area (Å²) >= 11 is 15.1. The highest BCUT2D eigenvalue weighted by Gasteiger charge is 2.16. The molecule has 1 N–H and O–H groups in total. The van der Waals surface area contributed by atoms with E-state index in [0.29, 0.717) is 33.1 Å². The molecule has 0 aliphatic carbocycles. The predicted octanol–water partition coefficient (Wildman–Crippen LogP) is 7.49. The zero-order valence-corrected chi connectivity index (χ0v) is 20.5. The highest BCUT2D eigenvalue weighted by molar-refractivity contribution is 8.00. The van der Waals surface area contributed by atoms with Crippen LogP contribution in [0.25, 0.3) is 0 Å². The minimum Gasteiger partial charge on any atom is -0.490 e. The summed E-state index contributed by atoms with van der Waals surface area (Å²) in [6, 6.07) is 9.59. The van der Waals surface area contributed by atoms with Gasteiger partial charge in [-0.15, -0.1) is 10.2 Å². The van der Waals surface area contributed by atoms with E-state index in [-0.39, 0.29) is 21.4 Å². The van der Waals surface area contributed by atoms with Crippen LogP contribution in [0.2, 0.25) is 10.0 Å². The lowest BCUT2D eigenvalue weighted by Gasteiger charge is -2.11. The van der Waals surface area contributed by atoms with Crippen LogP contribution in [0.3, 0.4) is 0 Å². The molecule has 1 heterocycles. The van der Waals surface area contributed by atoms with Crippen LogP contribution in [0.15, 0.2) is 40.7 Å². The Balaban J connectivity index is 1.57. The van der Waals surface area contributed by atoms with Crippen molar-refractivity contribution in [2.45, 2.75) is 42.7 Å². The first kappa shape index (κ1) is 24.8. The Morgan fingerprint density at radius 1 is 1.16 bits per heavy atom. The number of hydrogen-bond acceptors (Lipinski definition) is 6. The van der Waals surface area contributed by atoms with Crippen LogP contribution in [0, 0.1) is 5.82 Å². The molecule has 1 amide bonds. The van der Waals surface area contributed by atoms with Crippen LogP contribution in [0.1, 0.15) is 48.5 Å². The number of benzene rings is 2. The maximum absolute atomic E-state index is 13.7. The van der Waals surface area contributed by atoms with Gasteiger partial charge in [-0.2, -0.15) is 0 Å². The fourth-order valence-corrected chi connectivity index (χ4v) is 5.10. The molecule has 0 radical (unpaired) electrons. The van der Waals surface area contributed by atoms with Crippen LogP contribution in [-0.4, -0.2) is 22.7 Å². The zero-order valence-electron chi connectivity index (χ0n) is 17.4. The largest absolute Gasteiger partial charge is 0.490 e. The molecule has 0 unspecified atom stereocenters. The SMILES string of the molecule is CCCCCCOc1c(Cl)cc(C(=O)Nc2nnc(SCc3ccccc3F)s2)cc1Cl. The van der Waals surface area contributed by atoms with Crippen LogP contribution in [0.5, 0.6) is 5.75 Å². The number of aromatic nitrogens is 2. The first-order valence-electron chi connectivity index (χ1n) is 10.1. The quantitative estimate of drug-likeness (QED) is 0.163. The number of hydrogen-bond donors (Lipinski definition) is 1. The summed E-state index contributed by atoms with van der Waals surface area (Å²) < 4.78 is 20.0. The second kappa shape index (κ2) is 12.4. The van der Waals surface area contributed by atoms with Crippen LogP contribution < -0.4 is 10.1 Å². The topological polar surface area (TPSA) is 64.1 Å². The fourth-order valence-electron chi connectivity index (χ4n) is 2.77. The number of anilines is 1. The molecule has 3 aromatic rings. The first-order chi connectivity index (χ1) is 15.5. The molecule has 0 saturated carbocycles. The Bertz CT molecular complexity index is 1040. The molecular formula is C22H22Cl2FN3O2S2. The van der Waals surface area contributed by atoms with Crippen molar-refractivity contribution in [2.75, 3.05) is 11.9 Å². The van der Waals surface area contributed by atoms with Gasteiger partial charge >= 0.3 is 0 Å². The standard InChI is InChI=1S/C22H22Cl2FN3O2S2/c1-2-3-4-7-10-30-19-16(23)11-15(12-17(19)24)20(29)26-21-27-28-22(32-21)31-13-14-8-5-6-9-18(14)25/h5-6,8-9,11-12H,2-4,7,10,13H2,1H3,(H,26,27,29). The molecule has 170 valence electrons. The summed E-state index contributed by atoms with van der Waals surface area (Å²) in [5.74, 6) is 0.120. The molecule has 32 heavy (non-hydrogen) atoms. The first-order valence-corrected chi connectivity index (χ1v) is 12.7. The van der Waals surface area contributed by atoms with Gasteiger partial charge in [-0.3, -0.25) is 10.1 Å². The fraction of sp³-hybridized carbons (Fsp3) is 0.318. The van der Waals surface area contributed by atoms with Crippen molar-refractivity contribution in [3.05, 3.63) is 63.4 Å². The van der Waals surface area contributed by atoms with Gasteiger partial charge in [-0.1, -0.05) is 90.7 Å². The Morgan fingerprint density at radius 3 is 2.62 bits per heavy atom. The lowest BCUT2D eigenvalue weighted by molar-refractivity contribution is 0.102. The second-order valence-corrected chi connectivity index (χ2v) is 9.90. The van der Waals surface area contributed by atoms with Crippen molar-refractivity contribution in [2.24, 2.45) is 0 Å². The maximum atomic E-state index is 13.7. The van der Waals surface area contributed by atoms with E-state index in [2.05, 4.69) is 22.4 Å². The number of amides is 1. The third-order valence-corrected chi connectivity index (χ3v) is 7.02. The van der Waals surface area contributed by atoms with E-state index in [1.807, 2.05) is 0 Å². The monoisotopic (exact) mass is 513 g/mol. The van der Waals surface area contributed by atoms with Gasteiger partial charge in [0.15, 0.2) is 10.1 Å². The molecule has 0 aliphatic heterocycles. The Labute approximate surface area is 204 Å². The minimum absolute atomic E-state index is 0.264. The number of nitrogens with one attached hydrogen (secondary N) is 1. The Hall–Kier alpha value is -1.87. The smallest absolute Gasteiger partial charge is 0.257 e. The molecular weight excluding hydrogens is 492 g/mol. The Kier molecular flexibility index (Phi) is 9.59. The predicted molar refractivity (Wildman–Crippen MR) is 130 cm³/mol. The number of thioether (sulfide) groups is 1. The highest BCUT2D eigenvalue weighted by atomic mass is 35.5. The van der Waals surface area contributed by atoms with E-state index in [1.165, 1.54) is 41.3 Å². The third-order valence-electron chi connectivity index (χ3n) is 4.44. The van der Waals surface area contributed by atoms with Gasteiger partial charge in [-0.05, 0) is 30.2 Å². The molecule has 0 saturated heterocycles. The average Bonchev–Trinajstić information content (AvgIpc) is 3.21. The second-order valence-electron chi connectivity index (χ2n) is 6.89. The van der Waals surface area contributed by atoms with E-state index < -0.39 is 5.91 Å². The number of halogens is 3. The van der Waals surface area contributed by atoms with E-state index in [4.69, 9.17) is 27.9 Å². The number of carbonyl (C=O) groups excluding carboxylic acids is 1. The number of unbranched alkanes of at least 4 members (excludes halogenated alkanes) is 3. The molecule has 0 spiro atoms. The lowest BCUT2D eigenvalue weighted by Crippen LogP contribution is -2.12. The van der Waals surface area contributed by atoms with E-state index in [0.717, 1.165) is 25.7 Å². The summed E-state index contributed by atoms with van der Waals surface area (Å²) in [6.45, 7) is 2.66. The van der Waals surface area contributed by atoms with E-state index in [1.54, 1.807) is 18.2 Å². The summed E-state index contributed by atoms with van der Waals surface area (Å²) in [7, 11) is 0. The average molecular weight is 514 g/mol. The van der Waals surface area contributed by atoms with Gasteiger partial charge < -0.3 is 4.74 Å². The maximum Gasteiger partial charge on any atom is 0.257 e. The molecule has 3 rings (SSSR count). The molecule has 5 nitrogen and oxygen atoms in total. The Morgan fingerprint density at radius 2 is 1.91 bits per heavy atom. The van der Waals surface area contributed by atoms with Crippen LogP contribution in [0.4, 0.5) is 9.52 Å². The van der Waals surface area contributed by atoms with Crippen molar-refractivity contribution in [1.29, 1.82) is 0 Å². The number of ether oxygens (including phenoxy) is 1. The van der Waals surface area contributed by atoms with Crippen LogP contribution in [-0.2, 0) is 5.75 Å². The summed E-state index contributed by atoms with van der Waals surface area (Å²) in [6.07, 6.45) is 4.29. The molecule has 0 atom stereocenters. The van der Waals surface area contributed by atoms with Gasteiger partial charge in [0, 0.05) is 11.3 Å². The molecule has 0 bridgehead atoms. The van der Waals surface area contributed by atoms with Gasteiger partial charge in [0.05, 0.1) is 16.7 Å². The zero-order chi connectivity index (χ0) is 22.9. The van der Waals surface area contributed by atoms with Crippen molar-refractivity contribution >= 4 is 57.3 Å². The number of rotatable bonds is 11. The van der Waals surface area contributed by atoms with Crippen molar-refractivity contribution in [3.8, 4) is 5.75 Å². The molecule has 0 aliphatic rings. The number of nitrogens with zero attached hydrogens (tertiary/aromatic N) is 2. The highest BCUT2D eigenvalue weighted by Crippen LogP contribution is 2.35.